The maximum absolute atomic E-state index is 10.9. The van der Waals surface area contributed by atoms with Crippen LogP contribution in [0.1, 0.15) is 37.7 Å². The molecule has 2 saturated heterocycles. The zero-order chi connectivity index (χ0) is 18.0. The second kappa shape index (κ2) is 7.69. The number of rotatable bonds is 4. The Labute approximate surface area is 160 Å². The molecule has 0 unspecified atom stereocenters. The maximum atomic E-state index is 10.9. The number of nitrogens with zero attached hydrogens (tertiary/aromatic N) is 2. The van der Waals surface area contributed by atoms with E-state index in [4.69, 9.17) is 9.47 Å². The van der Waals surface area contributed by atoms with Crippen LogP contribution < -0.4 is 9.47 Å². The van der Waals surface area contributed by atoms with Crippen molar-refractivity contribution in [3.8, 4) is 11.5 Å². The molecule has 2 fully saturated rings. The van der Waals surface area contributed by atoms with E-state index in [9.17, 15) is 4.79 Å². The molecule has 0 saturated carbocycles. The van der Waals surface area contributed by atoms with Gasteiger partial charge in [0.2, 0.25) is 6.41 Å². The van der Waals surface area contributed by atoms with E-state index in [1.165, 1.54) is 5.56 Å². The third-order valence-corrected chi connectivity index (χ3v) is 6.91. The van der Waals surface area contributed by atoms with Crippen LogP contribution >= 0.6 is 11.9 Å². The van der Waals surface area contributed by atoms with Gasteiger partial charge in [0.15, 0.2) is 0 Å². The van der Waals surface area contributed by atoms with Gasteiger partial charge in [0.25, 0.3) is 0 Å². The third-order valence-electron chi connectivity index (χ3n) is 6.03. The van der Waals surface area contributed by atoms with Crippen LogP contribution in [0, 0.1) is 0 Å². The molecule has 3 heterocycles. The molecular formula is C20H28N2O3S. The van der Waals surface area contributed by atoms with Crippen molar-refractivity contribution < 1.29 is 14.3 Å². The van der Waals surface area contributed by atoms with E-state index in [0.29, 0.717) is 6.10 Å². The summed E-state index contributed by atoms with van der Waals surface area (Å²) in [6, 6.07) is 6.30. The van der Waals surface area contributed by atoms with E-state index in [1.54, 1.807) is 0 Å². The molecule has 6 heteroatoms. The fourth-order valence-corrected chi connectivity index (χ4v) is 4.86. The lowest BCUT2D eigenvalue weighted by molar-refractivity contribution is -0.121. The normalized spacial score (nSPS) is 23.3. The summed E-state index contributed by atoms with van der Waals surface area (Å²) in [7, 11) is 0. The largest absolute Gasteiger partial charge is 0.490 e. The molecule has 4 rings (SSSR count). The zero-order valence-electron chi connectivity index (χ0n) is 15.5. The summed E-state index contributed by atoms with van der Waals surface area (Å²) in [4.78, 5) is 12.8. The zero-order valence-corrected chi connectivity index (χ0v) is 16.3. The van der Waals surface area contributed by atoms with Gasteiger partial charge < -0.3 is 14.4 Å². The molecule has 1 amide bonds. The SMILES string of the molecule is CSN1CCC(Oc2ccc3c(c2)CCC2(CCN(C=O)CC2)O3)CC1. The molecule has 1 aromatic carbocycles. The second-order valence-corrected chi connectivity index (χ2v) is 8.51. The van der Waals surface area contributed by atoms with Gasteiger partial charge in [0.05, 0.1) is 0 Å². The van der Waals surface area contributed by atoms with Crippen molar-refractivity contribution in [1.29, 1.82) is 0 Å². The molecule has 3 aliphatic rings. The maximum Gasteiger partial charge on any atom is 0.209 e. The Morgan fingerprint density at radius 1 is 1.19 bits per heavy atom. The fourth-order valence-electron chi connectivity index (χ4n) is 4.28. The Morgan fingerprint density at radius 3 is 2.65 bits per heavy atom. The van der Waals surface area contributed by atoms with Crippen LogP contribution in [-0.2, 0) is 11.2 Å². The molecule has 0 aromatic heterocycles. The van der Waals surface area contributed by atoms with Crippen molar-refractivity contribution in [3.05, 3.63) is 23.8 Å². The minimum Gasteiger partial charge on any atom is -0.490 e. The smallest absolute Gasteiger partial charge is 0.209 e. The molecule has 0 atom stereocenters. The highest BCUT2D eigenvalue weighted by Gasteiger charge is 2.39. The Kier molecular flexibility index (Phi) is 5.32. The van der Waals surface area contributed by atoms with E-state index >= 15 is 0 Å². The summed E-state index contributed by atoms with van der Waals surface area (Å²) >= 11 is 1.82. The predicted octanol–water partition coefficient (Wildman–Crippen LogP) is 3.12. The first-order valence-electron chi connectivity index (χ1n) is 9.67. The number of piperidine rings is 2. The van der Waals surface area contributed by atoms with Gasteiger partial charge >= 0.3 is 0 Å². The van der Waals surface area contributed by atoms with Gasteiger partial charge in [0, 0.05) is 39.0 Å². The molecular weight excluding hydrogens is 348 g/mol. The summed E-state index contributed by atoms with van der Waals surface area (Å²) < 4.78 is 15.1. The van der Waals surface area contributed by atoms with E-state index < -0.39 is 0 Å². The number of ether oxygens (including phenoxy) is 2. The Hall–Kier alpha value is -1.40. The van der Waals surface area contributed by atoms with E-state index in [-0.39, 0.29) is 5.60 Å². The number of carbonyl (C=O) groups excluding carboxylic acids is 1. The number of benzene rings is 1. The number of fused-ring (bicyclic) bond motifs is 1. The van der Waals surface area contributed by atoms with Gasteiger partial charge in [0.1, 0.15) is 23.2 Å². The summed E-state index contributed by atoms with van der Waals surface area (Å²) in [5.74, 6) is 1.97. The molecule has 0 bridgehead atoms. The third kappa shape index (κ3) is 3.81. The van der Waals surface area contributed by atoms with Crippen molar-refractivity contribution in [2.45, 2.75) is 50.2 Å². The number of hydrogen-bond donors (Lipinski definition) is 0. The van der Waals surface area contributed by atoms with Gasteiger partial charge in [-0.25, -0.2) is 0 Å². The Bertz CT molecular complexity index is 638. The molecule has 26 heavy (non-hydrogen) atoms. The predicted molar refractivity (Wildman–Crippen MR) is 104 cm³/mol. The fraction of sp³-hybridized carbons (Fsp3) is 0.650. The topological polar surface area (TPSA) is 42.0 Å². The number of likely N-dealkylation sites (tertiary alicyclic amines) is 1. The van der Waals surface area contributed by atoms with Gasteiger partial charge in [-0.1, -0.05) is 11.9 Å². The average Bonchev–Trinajstić information content (AvgIpc) is 2.69. The van der Waals surface area contributed by atoms with Crippen molar-refractivity contribution in [3.63, 3.8) is 0 Å². The van der Waals surface area contributed by atoms with Crippen LogP contribution in [0.4, 0.5) is 0 Å². The summed E-state index contributed by atoms with van der Waals surface area (Å²) in [6.45, 7) is 3.80. The molecule has 3 aliphatic heterocycles. The molecule has 1 spiro atoms. The van der Waals surface area contributed by atoms with Crippen molar-refractivity contribution in [2.24, 2.45) is 0 Å². The molecule has 0 radical (unpaired) electrons. The number of carbonyl (C=O) groups is 1. The highest BCUT2D eigenvalue weighted by atomic mass is 32.2. The second-order valence-electron chi connectivity index (χ2n) is 7.62. The van der Waals surface area contributed by atoms with Gasteiger partial charge in [-0.15, -0.1) is 0 Å². The van der Waals surface area contributed by atoms with Crippen molar-refractivity contribution >= 4 is 18.4 Å². The lowest BCUT2D eigenvalue weighted by Gasteiger charge is -2.43. The van der Waals surface area contributed by atoms with Crippen molar-refractivity contribution in [1.82, 2.24) is 9.21 Å². The van der Waals surface area contributed by atoms with Crippen LogP contribution in [0.5, 0.6) is 11.5 Å². The van der Waals surface area contributed by atoms with E-state index in [2.05, 4.69) is 28.8 Å². The van der Waals surface area contributed by atoms with E-state index in [0.717, 1.165) is 82.6 Å². The molecule has 0 N–H and O–H groups in total. The monoisotopic (exact) mass is 376 g/mol. The minimum atomic E-state index is -0.0838. The molecule has 142 valence electrons. The molecule has 1 aromatic rings. The van der Waals surface area contributed by atoms with Gasteiger partial charge in [-0.2, -0.15) is 0 Å². The van der Waals surface area contributed by atoms with Crippen LogP contribution in [0.15, 0.2) is 18.2 Å². The standard InChI is InChI=1S/C20H28N2O3S/c1-26-22-10-5-17(6-11-22)24-18-2-3-19-16(14-18)4-7-20(25-19)8-12-21(15-23)13-9-20/h2-3,14-15,17H,4-13H2,1H3. The average molecular weight is 377 g/mol. The molecule has 0 aliphatic carbocycles. The highest BCUT2D eigenvalue weighted by Crippen LogP contribution is 2.40. The first kappa shape index (κ1) is 18.0. The van der Waals surface area contributed by atoms with E-state index in [1.807, 2.05) is 16.8 Å². The van der Waals surface area contributed by atoms with Crippen LogP contribution in [-0.4, -0.2) is 59.8 Å². The van der Waals surface area contributed by atoms with Crippen LogP contribution in [0.2, 0.25) is 0 Å². The lowest BCUT2D eigenvalue weighted by Crippen LogP contribution is -2.49. The summed E-state index contributed by atoms with van der Waals surface area (Å²) in [5.41, 5.74) is 1.17. The van der Waals surface area contributed by atoms with Gasteiger partial charge in [-0.05, 0) is 55.7 Å². The number of aryl methyl sites for hydroxylation is 1. The summed E-state index contributed by atoms with van der Waals surface area (Å²) in [5, 5.41) is 0. The van der Waals surface area contributed by atoms with Gasteiger partial charge in [-0.3, -0.25) is 9.10 Å². The Balaban J connectivity index is 1.37. The molecule has 5 nitrogen and oxygen atoms in total. The summed E-state index contributed by atoms with van der Waals surface area (Å²) in [6.07, 6.45) is 9.50. The van der Waals surface area contributed by atoms with Crippen molar-refractivity contribution in [2.75, 3.05) is 32.4 Å². The van der Waals surface area contributed by atoms with Crippen LogP contribution in [0.25, 0.3) is 0 Å². The first-order chi connectivity index (χ1) is 12.7. The lowest BCUT2D eigenvalue weighted by atomic mass is 9.83. The Morgan fingerprint density at radius 2 is 1.96 bits per heavy atom. The minimum absolute atomic E-state index is 0.0838. The first-order valence-corrected chi connectivity index (χ1v) is 10.8. The quantitative estimate of drug-likeness (QED) is 0.597. The van der Waals surface area contributed by atoms with Crippen LogP contribution in [0.3, 0.4) is 0 Å². The highest BCUT2D eigenvalue weighted by molar-refractivity contribution is 7.96. The number of hydrogen-bond acceptors (Lipinski definition) is 5. The number of amides is 1.